The highest BCUT2D eigenvalue weighted by Crippen LogP contribution is 2.22. The first-order valence-corrected chi connectivity index (χ1v) is 6.15. The number of rotatable bonds is 5. The van der Waals surface area contributed by atoms with E-state index in [0.29, 0.717) is 29.9 Å². The third-order valence-corrected chi connectivity index (χ3v) is 2.79. The zero-order valence-corrected chi connectivity index (χ0v) is 10.4. The van der Waals surface area contributed by atoms with Crippen LogP contribution >= 0.6 is 11.6 Å². The molecule has 0 aliphatic heterocycles. The first kappa shape index (κ1) is 12.9. The van der Waals surface area contributed by atoms with Gasteiger partial charge < -0.3 is 14.3 Å². The topological polar surface area (TPSA) is 59.7 Å². The fourth-order valence-corrected chi connectivity index (χ4v) is 1.74. The number of fused-ring (bicyclic) bond motifs is 1. The second kappa shape index (κ2) is 5.89. The van der Waals surface area contributed by atoms with Gasteiger partial charge in [0, 0.05) is 5.88 Å². The van der Waals surface area contributed by atoms with Crippen LogP contribution in [0.5, 0.6) is 5.95 Å². The molecule has 0 atom stereocenters. The zero-order chi connectivity index (χ0) is 13.0. The number of hydrogen-bond acceptors (Lipinski definition) is 4. The van der Waals surface area contributed by atoms with Crippen LogP contribution in [0.3, 0.4) is 0 Å². The molecule has 0 bridgehead atoms. The number of benzene rings is 1. The number of aliphatic hydroxyl groups is 1. The number of ether oxygens (including phenoxy) is 1. The minimum atomic E-state index is -0.413. The molecule has 0 saturated carbocycles. The van der Waals surface area contributed by atoms with E-state index in [-0.39, 0.29) is 16.9 Å². The smallest absolute Gasteiger partial charge is 0.294 e. The lowest BCUT2D eigenvalue weighted by Gasteiger charge is -2.08. The molecule has 0 aliphatic rings. The Kier molecular flexibility index (Phi) is 4.23. The van der Waals surface area contributed by atoms with E-state index in [1.54, 1.807) is 24.3 Å². The van der Waals surface area contributed by atoms with Gasteiger partial charge in [0.1, 0.15) is 11.1 Å². The maximum absolute atomic E-state index is 12.1. The highest BCUT2D eigenvalue weighted by Gasteiger charge is 2.14. The number of alkyl halides is 1. The summed E-state index contributed by atoms with van der Waals surface area (Å²) >= 11 is 5.55. The van der Waals surface area contributed by atoms with Gasteiger partial charge >= 0.3 is 0 Å². The van der Waals surface area contributed by atoms with Crippen molar-refractivity contribution < 1.29 is 14.3 Å². The van der Waals surface area contributed by atoms with Crippen molar-refractivity contribution in [3.05, 3.63) is 40.1 Å². The lowest BCUT2D eigenvalue weighted by molar-refractivity contribution is 0.220. The summed E-state index contributed by atoms with van der Waals surface area (Å²) in [5.74, 6) is 0.540. The van der Waals surface area contributed by atoms with Gasteiger partial charge in [-0.05, 0) is 18.6 Å². The van der Waals surface area contributed by atoms with Gasteiger partial charge in [0.2, 0.25) is 5.43 Å². The molecular formula is C13H13ClO4. The van der Waals surface area contributed by atoms with E-state index < -0.39 is 6.61 Å². The van der Waals surface area contributed by atoms with E-state index in [1.165, 1.54) is 0 Å². The van der Waals surface area contributed by atoms with E-state index in [1.807, 2.05) is 0 Å². The van der Waals surface area contributed by atoms with E-state index in [2.05, 4.69) is 0 Å². The summed E-state index contributed by atoms with van der Waals surface area (Å²) in [5.41, 5.74) is 0.323. The minimum Gasteiger partial charge on any atom is -0.465 e. The molecule has 0 amide bonds. The number of aliphatic hydroxyl groups excluding tert-OH is 1. The largest absolute Gasteiger partial charge is 0.465 e. The Bertz CT molecular complexity index is 591. The van der Waals surface area contributed by atoms with Crippen molar-refractivity contribution in [3.8, 4) is 5.95 Å². The molecule has 4 nitrogen and oxygen atoms in total. The standard InChI is InChI=1S/C13H13ClO4/c14-6-3-7-17-13-10(8-15)12(16)9-4-1-2-5-11(9)18-13/h1-2,4-5,15H,3,6-8H2. The molecular weight excluding hydrogens is 256 g/mol. The third-order valence-electron chi connectivity index (χ3n) is 2.52. The fraction of sp³-hybridized carbons (Fsp3) is 0.308. The Morgan fingerprint density at radius 1 is 1.33 bits per heavy atom. The van der Waals surface area contributed by atoms with Gasteiger partial charge in [-0.25, -0.2) is 0 Å². The molecule has 18 heavy (non-hydrogen) atoms. The summed E-state index contributed by atoms with van der Waals surface area (Å²) < 4.78 is 10.8. The van der Waals surface area contributed by atoms with Crippen molar-refractivity contribution >= 4 is 22.6 Å². The molecule has 2 rings (SSSR count). The van der Waals surface area contributed by atoms with Crippen molar-refractivity contribution in [2.45, 2.75) is 13.0 Å². The van der Waals surface area contributed by atoms with Crippen LogP contribution in [-0.4, -0.2) is 17.6 Å². The number of halogens is 1. The number of hydrogen-bond donors (Lipinski definition) is 1. The summed E-state index contributed by atoms with van der Waals surface area (Å²) in [7, 11) is 0. The highest BCUT2D eigenvalue weighted by atomic mass is 35.5. The summed E-state index contributed by atoms with van der Waals surface area (Å²) in [6.45, 7) is -0.0683. The summed E-state index contributed by atoms with van der Waals surface area (Å²) in [4.78, 5) is 12.1. The monoisotopic (exact) mass is 268 g/mol. The predicted octanol–water partition coefficient (Wildman–Crippen LogP) is 2.29. The van der Waals surface area contributed by atoms with Gasteiger partial charge in [-0.15, -0.1) is 11.6 Å². The molecule has 1 aromatic carbocycles. The van der Waals surface area contributed by atoms with Crippen LogP contribution in [0.25, 0.3) is 11.0 Å². The van der Waals surface area contributed by atoms with Crippen LogP contribution in [0.2, 0.25) is 0 Å². The van der Waals surface area contributed by atoms with Crippen LogP contribution in [-0.2, 0) is 6.61 Å². The average molecular weight is 269 g/mol. The first-order chi connectivity index (χ1) is 8.77. The second-order valence-corrected chi connectivity index (χ2v) is 4.12. The lowest BCUT2D eigenvalue weighted by atomic mass is 10.2. The maximum Gasteiger partial charge on any atom is 0.294 e. The SMILES string of the molecule is O=c1c(CO)c(OCCCCl)oc2ccccc12. The normalized spacial score (nSPS) is 10.8. The zero-order valence-electron chi connectivity index (χ0n) is 9.69. The van der Waals surface area contributed by atoms with Crippen molar-refractivity contribution in [3.63, 3.8) is 0 Å². The lowest BCUT2D eigenvalue weighted by Crippen LogP contribution is -2.12. The van der Waals surface area contributed by atoms with Crippen LogP contribution < -0.4 is 10.2 Å². The molecule has 0 aliphatic carbocycles. The van der Waals surface area contributed by atoms with E-state index >= 15 is 0 Å². The molecule has 0 fully saturated rings. The third kappa shape index (κ3) is 2.49. The van der Waals surface area contributed by atoms with Gasteiger partial charge in [0.25, 0.3) is 5.95 Å². The molecule has 2 aromatic rings. The Morgan fingerprint density at radius 3 is 2.83 bits per heavy atom. The van der Waals surface area contributed by atoms with Gasteiger partial charge in [-0.1, -0.05) is 12.1 Å². The predicted molar refractivity (Wildman–Crippen MR) is 69.2 cm³/mol. The Balaban J connectivity index is 2.48. The summed E-state index contributed by atoms with van der Waals surface area (Å²) in [6, 6.07) is 6.86. The van der Waals surface area contributed by atoms with Crippen LogP contribution in [0.1, 0.15) is 12.0 Å². The molecule has 0 radical (unpaired) electrons. The fourth-order valence-electron chi connectivity index (χ4n) is 1.63. The molecule has 1 N–H and O–H groups in total. The molecule has 0 saturated heterocycles. The Hall–Kier alpha value is -1.52. The van der Waals surface area contributed by atoms with Gasteiger partial charge in [0.05, 0.1) is 18.6 Å². The molecule has 1 aromatic heterocycles. The minimum absolute atomic E-state index is 0.0753. The van der Waals surface area contributed by atoms with Gasteiger partial charge in [-0.3, -0.25) is 4.79 Å². The van der Waals surface area contributed by atoms with Crippen LogP contribution in [0.4, 0.5) is 0 Å². The first-order valence-electron chi connectivity index (χ1n) is 5.62. The highest BCUT2D eigenvalue weighted by molar-refractivity contribution is 6.17. The molecule has 0 spiro atoms. The van der Waals surface area contributed by atoms with Crippen LogP contribution in [0.15, 0.2) is 33.5 Å². The molecule has 5 heteroatoms. The second-order valence-electron chi connectivity index (χ2n) is 3.74. The quantitative estimate of drug-likeness (QED) is 0.668. The Labute approximate surface area is 109 Å². The van der Waals surface area contributed by atoms with Crippen molar-refractivity contribution in [1.82, 2.24) is 0 Å². The molecule has 1 heterocycles. The van der Waals surface area contributed by atoms with Gasteiger partial charge in [-0.2, -0.15) is 0 Å². The average Bonchev–Trinajstić information content (AvgIpc) is 2.39. The van der Waals surface area contributed by atoms with E-state index in [9.17, 15) is 9.90 Å². The molecule has 96 valence electrons. The molecule has 0 unspecified atom stereocenters. The van der Waals surface area contributed by atoms with Crippen LogP contribution in [0, 0.1) is 0 Å². The number of para-hydroxylation sites is 1. The van der Waals surface area contributed by atoms with E-state index in [4.69, 9.17) is 20.8 Å². The van der Waals surface area contributed by atoms with Gasteiger partial charge in [0.15, 0.2) is 0 Å². The van der Waals surface area contributed by atoms with Crippen molar-refractivity contribution in [2.24, 2.45) is 0 Å². The summed E-state index contributed by atoms with van der Waals surface area (Å²) in [6.07, 6.45) is 0.642. The Morgan fingerprint density at radius 2 is 2.11 bits per heavy atom. The van der Waals surface area contributed by atoms with Crippen molar-refractivity contribution in [1.29, 1.82) is 0 Å². The van der Waals surface area contributed by atoms with E-state index in [0.717, 1.165) is 0 Å². The maximum atomic E-state index is 12.1. The summed E-state index contributed by atoms with van der Waals surface area (Å²) in [5, 5.41) is 9.69. The van der Waals surface area contributed by atoms with Crippen molar-refractivity contribution in [2.75, 3.05) is 12.5 Å².